The number of nitrogens with one attached hydrogen (secondary N) is 1. The lowest BCUT2D eigenvalue weighted by atomic mass is 10.1. The number of H-pyrrole nitrogens is 1. The molecule has 2 aliphatic rings. The van der Waals surface area contributed by atoms with Gasteiger partial charge in [0, 0.05) is 18.7 Å². The predicted octanol–water partition coefficient (Wildman–Crippen LogP) is 7.78. The lowest BCUT2D eigenvalue weighted by molar-refractivity contribution is 0.202. The zero-order valence-electron chi connectivity index (χ0n) is 26.4. The van der Waals surface area contributed by atoms with Crippen molar-refractivity contribution >= 4 is 27.7 Å². The molecule has 0 saturated carbocycles. The van der Waals surface area contributed by atoms with E-state index in [-0.39, 0.29) is 11.1 Å². The number of nitrogens with zero attached hydrogens (tertiary/aromatic N) is 3. The van der Waals surface area contributed by atoms with Crippen LogP contribution in [-0.4, -0.2) is 45.6 Å². The molecule has 0 spiro atoms. The molecule has 0 fully saturated rings. The highest BCUT2D eigenvalue weighted by Gasteiger charge is 2.17. The van der Waals surface area contributed by atoms with Crippen LogP contribution in [0.4, 0.5) is 0 Å². The van der Waals surface area contributed by atoms with E-state index < -0.39 is 0 Å². The lowest BCUT2D eigenvalue weighted by Gasteiger charge is -2.18. The normalized spacial score (nSPS) is 16.3. The molecule has 0 amide bonds. The fourth-order valence-electron chi connectivity index (χ4n) is 4.58. The maximum absolute atomic E-state index is 13.2. The summed E-state index contributed by atoms with van der Waals surface area (Å²) >= 11 is 1.42. The molecule has 4 bridgehead atoms. The monoisotopic (exact) mass is 582 g/mol. The minimum Gasteiger partial charge on any atom is -0.498 e. The molecule has 0 radical (unpaired) electrons. The summed E-state index contributed by atoms with van der Waals surface area (Å²) in [5, 5.41) is 0.639. The summed E-state index contributed by atoms with van der Waals surface area (Å²) in [6, 6.07) is 5.54. The fraction of sp³-hybridized carbons (Fsp3) is 0.545. The van der Waals surface area contributed by atoms with Crippen molar-refractivity contribution in [3.63, 3.8) is 0 Å². The molecule has 0 unspecified atom stereocenters. The van der Waals surface area contributed by atoms with Crippen LogP contribution in [0.2, 0.25) is 0 Å². The second-order valence-electron chi connectivity index (χ2n) is 9.83. The summed E-state index contributed by atoms with van der Waals surface area (Å²) in [5.74, 6) is 0.914. The van der Waals surface area contributed by atoms with Crippen molar-refractivity contribution in [2.24, 2.45) is 0 Å². The second kappa shape index (κ2) is 17.8. The number of hydrogen-bond acceptors (Lipinski definition) is 6. The van der Waals surface area contributed by atoms with Gasteiger partial charge in [0.15, 0.2) is 0 Å². The van der Waals surface area contributed by atoms with Crippen molar-refractivity contribution in [2.75, 3.05) is 26.7 Å². The van der Waals surface area contributed by atoms with E-state index >= 15 is 0 Å². The molecule has 0 atom stereocenters. The highest BCUT2D eigenvalue weighted by Crippen LogP contribution is 2.28. The molecule has 5 rings (SSSR count). The average molecular weight is 583 g/mol. The number of hydrogen-bond donors (Lipinski definition) is 1. The van der Waals surface area contributed by atoms with Crippen LogP contribution in [0.5, 0.6) is 0 Å². The topological polar surface area (TPSA) is 80.2 Å². The highest BCUT2D eigenvalue weighted by atomic mass is 32.1. The summed E-state index contributed by atoms with van der Waals surface area (Å²) in [6.45, 7) is 17.4. The van der Waals surface area contributed by atoms with Gasteiger partial charge in [0.05, 0.1) is 33.8 Å². The van der Waals surface area contributed by atoms with E-state index in [1.165, 1.54) is 24.4 Å². The number of aryl methyl sites for hydroxylation is 2. The number of fused-ring (bicyclic) bond motifs is 9. The fourth-order valence-corrected chi connectivity index (χ4v) is 5.72. The molecule has 7 nitrogen and oxygen atoms in total. The molecule has 226 valence electrons. The molecule has 0 saturated heterocycles. The van der Waals surface area contributed by atoms with Gasteiger partial charge < -0.3 is 14.6 Å². The van der Waals surface area contributed by atoms with Crippen molar-refractivity contribution in [2.45, 2.75) is 93.5 Å². The second-order valence-corrected chi connectivity index (χ2v) is 10.9. The third kappa shape index (κ3) is 9.27. The minimum absolute atomic E-state index is 0.00366. The van der Waals surface area contributed by atoms with Gasteiger partial charge in [-0.15, -0.1) is 0 Å². The highest BCUT2D eigenvalue weighted by molar-refractivity contribution is 7.14. The Morgan fingerprint density at radius 2 is 1.80 bits per heavy atom. The van der Waals surface area contributed by atoms with E-state index in [4.69, 9.17) is 9.72 Å². The first kappa shape index (κ1) is 34.2. The van der Waals surface area contributed by atoms with Crippen molar-refractivity contribution in [1.82, 2.24) is 18.8 Å². The maximum Gasteiger partial charge on any atom is 0.274 e. The number of rotatable bonds is 6. The van der Waals surface area contributed by atoms with Crippen LogP contribution in [-0.2, 0) is 11.3 Å². The van der Waals surface area contributed by atoms with E-state index in [2.05, 4.69) is 29.9 Å². The number of unbranched alkanes of at least 4 members (excludes halogenated alkanes) is 1. The van der Waals surface area contributed by atoms with Gasteiger partial charge in [-0.25, -0.2) is 4.98 Å². The number of aromatic amines is 1. The summed E-state index contributed by atoms with van der Waals surface area (Å²) < 4.78 is 8.76. The molecule has 1 aromatic carbocycles. The van der Waals surface area contributed by atoms with Crippen LogP contribution in [0, 0.1) is 6.92 Å². The van der Waals surface area contributed by atoms with Crippen molar-refractivity contribution in [3.8, 4) is 11.3 Å². The Bertz CT molecular complexity index is 1410. The summed E-state index contributed by atoms with van der Waals surface area (Å²) in [6.07, 6.45) is 10.0. The van der Waals surface area contributed by atoms with Gasteiger partial charge in [0.1, 0.15) is 5.69 Å². The van der Waals surface area contributed by atoms with E-state index in [0.29, 0.717) is 35.5 Å². The van der Waals surface area contributed by atoms with E-state index in [1.807, 2.05) is 65.8 Å². The van der Waals surface area contributed by atoms with Gasteiger partial charge in [-0.05, 0) is 77.3 Å². The quantitative estimate of drug-likeness (QED) is 0.321. The van der Waals surface area contributed by atoms with Crippen LogP contribution in [0.15, 0.2) is 45.2 Å². The largest absolute Gasteiger partial charge is 0.498 e. The molecule has 2 aliphatic heterocycles. The zero-order valence-corrected chi connectivity index (χ0v) is 27.2. The van der Waals surface area contributed by atoms with Crippen LogP contribution in [0.25, 0.3) is 27.4 Å². The molecular formula is C33H50N4O3S. The summed E-state index contributed by atoms with van der Waals surface area (Å²) in [4.78, 5) is 36.3. The Hall–Kier alpha value is -2.97. The van der Waals surface area contributed by atoms with Crippen LogP contribution < -0.4 is 11.1 Å². The molecule has 2 aromatic heterocycles. The van der Waals surface area contributed by atoms with Gasteiger partial charge >= 0.3 is 0 Å². The number of benzene rings is 1. The smallest absolute Gasteiger partial charge is 0.274 e. The maximum atomic E-state index is 13.2. The Morgan fingerprint density at radius 1 is 1.05 bits per heavy atom. The van der Waals surface area contributed by atoms with Gasteiger partial charge in [-0.1, -0.05) is 70.8 Å². The van der Waals surface area contributed by atoms with Crippen molar-refractivity contribution in [3.05, 3.63) is 67.7 Å². The molecule has 1 N–H and O–H groups in total. The lowest BCUT2D eigenvalue weighted by Crippen LogP contribution is -2.21. The van der Waals surface area contributed by atoms with Crippen LogP contribution >= 0.6 is 11.5 Å². The third-order valence-electron chi connectivity index (χ3n) is 6.94. The molecule has 41 heavy (non-hydrogen) atoms. The third-order valence-corrected chi connectivity index (χ3v) is 8.14. The van der Waals surface area contributed by atoms with Crippen molar-refractivity contribution in [1.29, 1.82) is 0 Å². The number of aromatic nitrogens is 3. The Balaban J connectivity index is 0.00000141. The summed E-state index contributed by atoms with van der Waals surface area (Å²) in [7, 11) is 2.16. The van der Waals surface area contributed by atoms with Crippen molar-refractivity contribution < 1.29 is 4.74 Å². The first-order valence-electron chi connectivity index (χ1n) is 15.3. The van der Waals surface area contributed by atoms with E-state index in [1.54, 1.807) is 3.96 Å². The standard InChI is InChI=1S/C29H38N4O3S.2C2H6/c1-5-6-16-32(4)18-15-22-13-14-25-20(2)30-26(28(34)31-25)23-11-10-12-24-27(23)37-33(29(24)35)17-8-7-9-19-36-21(22)3;2*1-2/h10-14H,5-9,15-19H2,1-4H3,(H,31,34);2*1-2H3/b14-13-,22-21-;;. The van der Waals surface area contributed by atoms with Crippen LogP contribution in [0.3, 0.4) is 0 Å². The molecular weight excluding hydrogens is 532 g/mol. The van der Waals surface area contributed by atoms with Gasteiger partial charge in [0.25, 0.3) is 11.1 Å². The van der Waals surface area contributed by atoms with E-state index in [9.17, 15) is 9.59 Å². The summed E-state index contributed by atoms with van der Waals surface area (Å²) in [5.41, 5.74) is 3.32. The Kier molecular flexibility index (Phi) is 14.8. The molecule has 0 aliphatic carbocycles. The predicted molar refractivity (Wildman–Crippen MR) is 176 cm³/mol. The molecule has 3 aromatic rings. The van der Waals surface area contributed by atoms with Crippen LogP contribution in [0.1, 0.15) is 91.5 Å². The number of allylic oxidation sites excluding steroid dienone is 2. The average Bonchev–Trinajstić information content (AvgIpc) is 3.32. The Labute approximate surface area is 250 Å². The first-order chi connectivity index (χ1) is 19.9. The molecule has 4 heterocycles. The number of ether oxygens (including phenoxy) is 1. The minimum atomic E-state index is -0.260. The van der Waals surface area contributed by atoms with Gasteiger partial charge in [0.2, 0.25) is 0 Å². The first-order valence-corrected chi connectivity index (χ1v) is 16.1. The zero-order chi connectivity index (χ0) is 30.4. The Morgan fingerprint density at radius 3 is 2.54 bits per heavy atom. The molecule has 8 heteroatoms. The van der Waals surface area contributed by atoms with E-state index in [0.717, 1.165) is 60.5 Å². The van der Waals surface area contributed by atoms with Gasteiger partial charge in [-0.2, -0.15) is 0 Å². The SMILES string of the molecule is CC.CC.CCCCN(C)CCC1=C(/C)OCCCCCn2sc3c(cccc3c2=O)-c2nc(C)c([nH]c2=O)/C=C\1. The van der Waals surface area contributed by atoms with Gasteiger partial charge in [-0.3, -0.25) is 13.5 Å².